The Kier molecular flexibility index (Phi) is 5.69. The van der Waals surface area contributed by atoms with Gasteiger partial charge in [-0.3, -0.25) is 4.72 Å². The minimum atomic E-state index is -3.72. The highest BCUT2D eigenvalue weighted by atomic mass is 32.2. The molecule has 0 bridgehead atoms. The van der Waals surface area contributed by atoms with E-state index in [9.17, 15) is 13.7 Å². The molecule has 8 heteroatoms. The minimum absolute atomic E-state index is 0.167. The van der Waals surface area contributed by atoms with Crippen LogP contribution >= 0.6 is 0 Å². The van der Waals surface area contributed by atoms with Gasteiger partial charge < -0.3 is 9.30 Å². The minimum Gasteiger partial charge on any atom is -0.456 e. The highest BCUT2D eigenvalue weighted by Crippen LogP contribution is 2.29. The molecule has 154 valence electrons. The van der Waals surface area contributed by atoms with E-state index >= 15 is 0 Å². The SMILES string of the molecule is N#Cc1ccc(Cn2ccnc2)cc1Oc1cccc(NS(=O)(=O)c2ccccc2)c1. The summed E-state index contributed by atoms with van der Waals surface area (Å²) >= 11 is 0. The van der Waals surface area contributed by atoms with Crippen molar-refractivity contribution in [3.63, 3.8) is 0 Å². The summed E-state index contributed by atoms with van der Waals surface area (Å²) in [6.07, 6.45) is 5.26. The van der Waals surface area contributed by atoms with Crippen LogP contribution in [0.15, 0.2) is 96.4 Å². The highest BCUT2D eigenvalue weighted by Gasteiger charge is 2.14. The van der Waals surface area contributed by atoms with E-state index in [0.717, 1.165) is 5.56 Å². The first-order valence-corrected chi connectivity index (χ1v) is 10.9. The molecule has 7 nitrogen and oxygen atoms in total. The molecule has 4 aromatic rings. The number of rotatable bonds is 7. The predicted octanol–water partition coefficient (Wildman–Crippen LogP) is 4.40. The van der Waals surface area contributed by atoms with Crippen molar-refractivity contribution < 1.29 is 13.2 Å². The van der Waals surface area contributed by atoms with Crippen molar-refractivity contribution in [2.75, 3.05) is 4.72 Å². The van der Waals surface area contributed by atoms with Gasteiger partial charge in [0.15, 0.2) is 0 Å². The Balaban J connectivity index is 1.57. The van der Waals surface area contributed by atoms with E-state index in [1.807, 2.05) is 16.8 Å². The number of nitrogens with zero attached hydrogens (tertiary/aromatic N) is 3. The molecule has 0 aliphatic rings. The van der Waals surface area contributed by atoms with Crippen molar-refractivity contribution in [1.29, 1.82) is 5.26 Å². The van der Waals surface area contributed by atoms with E-state index in [-0.39, 0.29) is 4.90 Å². The first-order valence-electron chi connectivity index (χ1n) is 9.38. The van der Waals surface area contributed by atoms with E-state index in [1.54, 1.807) is 67.1 Å². The summed E-state index contributed by atoms with van der Waals surface area (Å²) in [6, 6.07) is 22.2. The first-order chi connectivity index (χ1) is 15.0. The molecular formula is C23H18N4O3S. The fourth-order valence-corrected chi connectivity index (χ4v) is 4.07. The van der Waals surface area contributed by atoms with Crippen molar-refractivity contribution in [3.8, 4) is 17.6 Å². The van der Waals surface area contributed by atoms with Crippen molar-refractivity contribution in [2.24, 2.45) is 0 Å². The average molecular weight is 430 g/mol. The van der Waals surface area contributed by atoms with Gasteiger partial charge in [0.25, 0.3) is 10.0 Å². The molecule has 0 spiro atoms. The quantitative estimate of drug-likeness (QED) is 0.469. The zero-order chi connectivity index (χ0) is 21.7. The van der Waals surface area contributed by atoms with Crippen LogP contribution in [0.1, 0.15) is 11.1 Å². The maximum absolute atomic E-state index is 12.6. The molecule has 0 radical (unpaired) electrons. The number of imidazole rings is 1. The zero-order valence-corrected chi connectivity index (χ0v) is 17.2. The normalized spacial score (nSPS) is 10.9. The Hall–Kier alpha value is -4.09. The molecule has 0 atom stereocenters. The van der Waals surface area contributed by atoms with Crippen LogP contribution < -0.4 is 9.46 Å². The summed E-state index contributed by atoms with van der Waals surface area (Å²) in [7, 11) is -3.72. The second-order valence-corrected chi connectivity index (χ2v) is 8.41. The summed E-state index contributed by atoms with van der Waals surface area (Å²) in [5.41, 5.74) is 1.67. The molecule has 0 amide bonds. The number of sulfonamides is 1. The molecule has 4 rings (SSSR count). The molecule has 0 fully saturated rings. The highest BCUT2D eigenvalue weighted by molar-refractivity contribution is 7.92. The van der Waals surface area contributed by atoms with Crippen molar-refractivity contribution >= 4 is 15.7 Å². The summed E-state index contributed by atoms with van der Waals surface area (Å²) in [5, 5.41) is 9.44. The topological polar surface area (TPSA) is 97.0 Å². The summed E-state index contributed by atoms with van der Waals surface area (Å²) < 4.78 is 35.5. The fraction of sp³-hybridized carbons (Fsp3) is 0.0435. The lowest BCUT2D eigenvalue weighted by atomic mass is 10.1. The van der Waals surface area contributed by atoms with E-state index < -0.39 is 10.0 Å². The van der Waals surface area contributed by atoms with Crippen LogP contribution in [0.25, 0.3) is 0 Å². The van der Waals surface area contributed by atoms with Crippen LogP contribution in [-0.4, -0.2) is 18.0 Å². The Bertz CT molecular complexity index is 1330. The van der Waals surface area contributed by atoms with Crippen LogP contribution in [0.2, 0.25) is 0 Å². The molecule has 0 unspecified atom stereocenters. The number of ether oxygens (including phenoxy) is 1. The number of hydrogen-bond acceptors (Lipinski definition) is 5. The third kappa shape index (κ3) is 4.91. The van der Waals surface area contributed by atoms with E-state index in [4.69, 9.17) is 4.74 Å². The molecule has 31 heavy (non-hydrogen) atoms. The van der Waals surface area contributed by atoms with E-state index in [2.05, 4.69) is 15.8 Å². The number of nitrogens with one attached hydrogen (secondary N) is 1. The van der Waals surface area contributed by atoms with Gasteiger partial charge in [-0.25, -0.2) is 13.4 Å². The molecular weight excluding hydrogens is 412 g/mol. The molecule has 1 N–H and O–H groups in total. The van der Waals surface area contributed by atoms with Crippen LogP contribution in [0.5, 0.6) is 11.5 Å². The van der Waals surface area contributed by atoms with E-state index in [1.165, 1.54) is 12.1 Å². The van der Waals surface area contributed by atoms with Gasteiger partial charge in [-0.15, -0.1) is 0 Å². The summed E-state index contributed by atoms with van der Waals surface area (Å²) in [5.74, 6) is 0.799. The third-order valence-corrected chi connectivity index (χ3v) is 5.86. The predicted molar refractivity (Wildman–Crippen MR) is 116 cm³/mol. The summed E-state index contributed by atoms with van der Waals surface area (Å²) in [4.78, 5) is 4.19. The maximum Gasteiger partial charge on any atom is 0.261 e. The number of benzene rings is 3. The van der Waals surface area contributed by atoms with Crippen LogP contribution in [0.3, 0.4) is 0 Å². The van der Waals surface area contributed by atoms with Gasteiger partial charge in [-0.05, 0) is 42.0 Å². The molecule has 0 saturated carbocycles. The van der Waals surface area contributed by atoms with Crippen LogP contribution in [-0.2, 0) is 16.6 Å². The maximum atomic E-state index is 12.6. The van der Waals surface area contributed by atoms with E-state index in [0.29, 0.717) is 29.3 Å². The van der Waals surface area contributed by atoms with Crippen molar-refractivity contribution in [2.45, 2.75) is 11.4 Å². The molecule has 0 saturated heterocycles. The second-order valence-electron chi connectivity index (χ2n) is 6.73. The molecule has 0 aliphatic carbocycles. The largest absolute Gasteiger partial charge is 0.456 e. The standard InChI is InChI=1S/C23H18N4O3S/c24-15-19-10-9-18(16-27-12-11-25-17-27)13-23(19)30-21-6-4-5-20(14-21)26-31(28,29)22-7-2-1-3-8-22/h1-14,17,26H,16H2. The lowest BCUT2D eigenvalue weighted by Crippen LogP contribution is -2.12. The Labute approximate surface area is 180 Å². The molecule has 0 aliphatic heterocycles. The van der Waals surface area contributed by atoms with Gasteiger partial charge in [0.2, 0.25) is 0 Å². The van der Waals surface area contributed by atoms with Crippen molar-refractivity contribution in [3.05, 3.63) is 103 Å². The second kappa shape index (κ2) is 8.73. The Morgan fingerprint density at radius 3 is 2.61 bits per heavy atom. The number of anilines is 1. The van der Waals surface area contributed by atoms with Gasteiger partial charge in [-0.2, -0.15) is 5.26 Å². The molecule has 1 aromatic heterocycles. The van der Waals surface area contributed by atoms with Crippen molar-refractivity contribution in [1.82, 2.24) is 9.55 Å². The number of hydrogen-bond donors (Lipinski definition) is 1. The fourth-order valence-electron chi connectivity index (χ4n) is 3.00. The lowest BCUT2D eigenvalue weighted by Gasteiger charge is -2.12. The Morgan fingerprint density at radius 1 is 1.03 bits per heavy atom. The zero-order valence-electron chi connectivity index (χ0n) is 16.3. The third-order valence-electron chi connectivity index (χ3n) is 4.46. The van der Waals surface area contributed by atoms with Gasteiger partial charge in [0.1, 0.15) is 17.6 Å². The molecule has 3 aromatic carbocycles. The van der Waals surface area contributed by atoms with Crippen LogP contribution in [0, 0.1) is 11.3 Å². The monoisotopic (exact) mass is 430 g/mol. The van der Waals surface area contributed by atoms with Gasteiger partial charge in [0.05, 0.1) is 22.5 Å². The smallest absolute Gasteiger partial charge is 0.261 e. The van der Waals surface area contributed by atoms with Gasteiger partial charge in [0, 0.05) is 25.0 Å². The van der Waals surface area contributed by atoms with Gasteiger partial charge >= 0.3 is 0 Å². The average Bonchev–Trinajstić information content (AvgIpc) is 3.28. The van der Waals surface area contributed by atoms with Gasteiger partial charge in [-0.1, -0.05) is 30.3 Å². The first kappa shape index (κ1) is 20.2. The number of nitriles is 1. The van der Waals surface area contributed by atoms with Crippen LogP contribution in [0.4, 0.5) is 5.69 Å². The lowest BCUT2D eigenvalue weighted by molar-refractivity contribution is 0.480. The Morgan fingerprint density at radius 2 is 1.87 bits per heavy atom. The summed E-state index contributed by atoms with van der Waals surface area (Å²) in [6.45, 7) is 0.582. The number of aromatic nitrogens is 2. The molecule has 1 heterocycles.